The van der Waals surface area contributed by atoms with Crippen molar-refractivity contribution in [3.8, 4) is 5.75 Å². The fourth-order valence-corrected chi connectivity index (χ4v) is 3.38. The van der Waals surface area contributed by atoms with E-state index in [0.29, 0.717) is 0 Å². The van der Waals surface area contributed by atoms with Gasteiger partial charge in [0, 0.05) is 21.2 Å². The molecule has 3 aromatic rings. The molecule has 2 aromatic carbocycles. The minimum Gasteiger partial charge on any atom is -0.497 e. The van der Waals surface area contributed by atoms with Gasteiger partial charge in [-0.3, -0.25) is 4.99 Å². The summed E-state index contributed by atoms with van der Waals surface area (Å²) in [6.45, 7) is 0. The van der Waals surface area contributed by atoms with Crippen LogP contribution in [0.4, 0.5) is 5.69 Å². The molecule has 0 N–H and O–H groups in total. The van der Waals surface area contributed by atoms with E-state index in [2.05, 4.69) is 29.8 Å². The van der Waals surface area contributed by atoms with Crippen LogP contribution in [0.2, 0.25) is 0 Å². The summed E-state index contributed by atoms with van der Waals surface area (Å²) in [5.74, 6) is 0.834. The van der Waals surface area contributed by atoms with Crippen molar-refractivity contribution in [2.24, 2.45) is 4.99 Å². The van der Waals surface area contributed by atoms with Gasteiger partial charge in [-0.05, 0) is 30.3 Å². The van der Waals surface area contributed by atoms with Gasteiger partial charge in [0.05, 0.1) is 17.7 Å². The van der Waals surface area contributed by atoms with E-state index in [1.807, 2.05) is 42.6 Å². The van der Waals surface area contributed by atoms with Crippen LogP contribution in [0.3, 0.4) is 0 Å². The van der Waals surface area contributed by atoms with Crippen LogP contribution >= 0.6 is 24.0 Å². The normalized spacial score (nSPS) is 11.3. The van der Waals surface area contributed by atoms with Crippen LogP contribution in [-0.4, -0.2) is 13.3 Å². The average molecular weight is 299 g/mol. The molecule has 0 aliphatic heterocycles. The summed E-state index contributed by atoms with van der Waals surface area (Å²) >= 11 is 6.29. The van der Waals surface area contributed by atoms with E-state index in [9.17, 15) is 0 Å². The van der Waals surface area contributed by atoms with E-state index in [0.717, 1.165) is 21.2 Å². The molecule has 0 spiro atoms. The Morgan fingerprint density at radius 2 is 1.85 bits per heavy atom. The van der Waals surface area contributed by atoms with Crippen molar-refractivity contribution in [3.63, 3.8) is 0 Å². The summed E-state index contributed by atoms with van der Waals surface area (Å²) in [5, 5.41) is 1.18. The number of aliphatic imine (C=N–C) groups is 1. The molecule has 100 valence electrons. The summed E-state index contributed by atoms with van der Waals surface area (Å²) in [6, 6.07) is 15.9. The molecule has 1 heterocycles. The minimum atomic E-state index is 0.834. The standard InChI is InChI=1S/C16H13NOS2/c1-18-12-8-6-11(7-9-12)17-10-15-16(19)13-4-2-3-5-14(13)20-15/h2-10,19H,1H3. The first-order valence-electron chi connectivity index (χ1n) is 6.16. The first kappa shape index (κ1) is 13.2. The second kappa shape index (κ2) is 5.69. The highest BCUT2D eigenvalue weighted by Gasteiger charge is 2.06. The number of thiophene rings is 1. The summed E-state index contributed by atoms with van der Waals surface area (Å²) in [6.07, 6.45) is 1.87. The quantitative estimate of drug-likeness (QED) is 0.536. The van der Waals surface area contributed by atoms with E-state index in [1.54, 1.807) is 18.4 Å². The lowest BCUT2D eigenvalue weighted by Gasteiger charge is -1.98. The number of rotatable bonds is 3. The van der Waals surface area contributed by atoms with E-state index < -0.39 is 0 Å². The third-order valence-electron chi connectivity index (χ3n) is 3.00. The van der Waals surface area contributed by atoms with Crippen molar-refractivity contribution in [2.45, 2.75) is 4.90 Å². The number of benzene rings is 2. The van der Waals surface area contributed by atoms with Gasteiger partial charge in [0.2, 0.25) is 0 Å². The first-order valence-corrected chi connectivity index (χ1v) is 7.43. The molecule has 0 unspecified atom stereocenters. The molecule has 0 aliphatic rings. The maximum atomic E-state index is 5.13. The second-order valence-electron chi connectivity index (χ2n) is 4.27. The molecule has 3 rings (SSSR count). The number of nitrogens with zero attached hydrogens (tertiary/aromatic N) is 1. The highest BCUT2D eigenvalue weighted by molar-refractivity contribution is 7.81. The molecule has 4 heteroatoms. The zero-order valence-corrected chi connectivity index (χ0v) is 12.6. The van der Waals surface area contributed by atoms with Crippen molar-refractivity contribution >= 4 is 46.0 Å². The summed E-state index contributed by atoms with van der Waals surface area (Å²) in [5.41, 5.74) is 0.899. The maximum absolute atomic E-state index is 5.13. The fourth-order valence-electron chi connectivity index (χ4n) is 1.94. The number of ether oxygens (including phenoxy) is 1. The lowest BCUT2D eigenvalue weighted by Crippen LogP contribution is -1.80. The van der Waals surface area contributed by atoms with E-state index in [1.165, 1.54) is 10.1 Å². The zero-order valence-electron chi connectivity index (χ0n) is 10.9. The van der Waals surface area contributed by atoms with Gasteiger partial charge >= 0.3 is 0 Å². The van der Waals surface area contributed by atoms with Crippen molar-refractivity contribution in [3.05, 3.63) is 53.4 Å². The fraction of sp³-hybridized carbons (Fsp3) is 0.0625. The van der Waals surface area contributed by atoms with Crippen molar-refractivity contribution < 1.29 is 4.74 Å². The Hall–Kier alpha value is -1.78. The Labute approximate surface area is 127 Å². The van der Waals surface area contributed by atoms with Gasteiger partial charge in [0.15, 0.2) is 0 Å². The molecular weight excluding hydrogens is 286 g/mol. The first-order chi connectivity index (χ1) is 9.78. The molecular formula is C16H13NOS2. The lowest BCUT2D eigenvalue weighted by molar-refractivity contribution is 0.415. The largest absolute Gasteiger partial charge is 0.497 e. The Bertz CT molecular complexity index is 760. The monoisotopic (exact) mass is 299 g/mol. The van der Waals surface area contributed by atoms with Gasteiger partial charge in [-0.25, -0.2) is 0 Å². The van der Waals surface area contributed by atoms with Gasteiger partial charge in [-0.2, -0.15) is 0 Å². The van der Waals surface area contributed by atoms with Gasteiger partial charge in [0.1, 0.15) is 5.75 Å². The highest BCUT2D eigenvalue weighted by atomic mass is 32.1. The molecule has 0 amide bonds. The zero-order chi connectivity index (χ0) is 13.9. The SMILES string of the molecule is COc1ccc(N=Cc2sc3ccccc3c2S)cc1. The number of thiol groups is 1. The Morgan fingerprint density at radius 3 is 2.55 bits per heavy atom. The van der Waals surface area contributed by atoms with Gasteiger partial charge in [-0.1, -0.05) is 18.2 Å². The van der Waals surface area contributed by atoms with Crippen molar-refractivity contribution in [1.82, 2.24) is 0 Å². The van der Waals surface area contributed by atoms with Crippen LogP contribution in [0.25, 0.3) is 10.1 Å². The van der Waals surface area contributed by atoms with Crippen LogP contribution in [-0.2, 0) is 0 Å². The number of fused-ring (bicyclic) bond motifs is 1. The minimum absolute atomic E-state index is 0.834. The average Bonchev–Trinajstić information content (AvgIpc) is 2.83. The second-order valence-corrected chi connectivity index (χ2v) is 5.80. The molecule has 20 heavy (non-hydrogen) atoms. The van der Waals surface area contributed by atoms with Crippen molar-refractivity contribution in [1.29, 1.82) is 0 Å². The molecule has 2 nitrogen and oxygen atoms in total. The number of methoxy groups -OCH3 is 1. The predicted octanol–water partition coefficient (Wildman–Crippen LogP) is 4.95. The number of hydrogen-bond acceptors (Lipinski definition) is 4. The predicted molar refractivity (Wildman–Crippen MR) is 89.3 cm³/mol. The topological polar surface area (TPSA) is 21.6 Å². The van der Waals surface area contributed by atoms with Crippen LogP contribution in [0, 0.1) is 0 Å². The number of hydrogen-bond donors (Lipinski definition) is 1. The van der Waals surface area contributed by atoms with Crippen LogP contribution in [0.1, 0.15) is 4.88 Å². The molecule has 1 aromatic heterocycles. The maximum Gasteiger partial charge on any atom is 0.119 e. The van der Waals surface area contributed by atoms with Gasteiger partial charge < -0.3 is 4.74 Å². The van der Waals surface area contributed by atoms with Crippen LogP contribution in [0.15, 0.2) is 58.4 Å². The molecule has 0 atom stereocenters. The highest BCUT2D eigenvalue weighted by Crippen LogP contribution is 2.33. The summed E-state index contributed by atoms with van der Waals surface area (Å²) in [7, 11) is 1.66. The van der Waals surface area contributed by atoms with Gasteiger partial charge in [-0.15, -0.1) is 24.0 Å². The van der Waals surface area contributed by atoms with Gasteiger partial charge in [0.25, 0.3) is 0 Å². The van der Waals surface area contributed by atoms with Crippen LogP contribution in [0.5, 0.6) is 5.75 Å². The van der Waals surface area contributed by atoms with E-state index in [4.69, 9.17) is 4.74 Å². The van der Waals surface area contributed by atoms with E-state index in [-0.39, 0.29) is 0 Å². The Morgan fingerprint density at radius 1 is 1.10 bits per heavy atom. The molecule has 0 aliphatic carbocycles. The Kier molecular flexibility index (Phi) is 3.76. The van der Waals surface area contributed by atoms with E-state index >= 15 is 0 Å². The van der Waals surface area contributed by atoms with Crippen molar-refractivity contribution in [2.75, 3.05) is 7.11 Å². The smallest absolute Gasteiger partial charge is 0.119 e. The third kappa shape index (κ3) is 2.57. The molecule has 0 fully saturated rings. The molecule has 0 bridgehead atoms. The van der Waals surface area contributed by atoms with Crippen LogP contribution < -0.4 is 4.74 Å². The third-order valence-corrected chi connectivity index (χ3v) is 4.74. The Balaban J connectivity index is 1.91. The molecule has 0 saturated heterocycles. The molecule has 0 saturated carbocycles. The summed E-state index contributed by atoms with van der Waals surface area (Å²) < 4.78 is 6.36. The lowest BCUT2D eigenvalue weighted by atomic mass is 10.2. The summed E-state index contributed by atoms with van der Waals surface area (Å²) in [4.78, 5) is 6.55. The molecule has 0 radical (unpaired) electrons.